The topological polar surface area (TPSA) is 42.5 Å². The first-order valence-corrected chi connectivity index (χ1v) is 20.1. The Morgan fingerprint density at radius 1 is 0.477 bits per heavy atom. The number of rotatable bonds is 32. The summed E-state index contributed by atoms with van der Waals surface area (Å²) in [5.41, 5.74) is 0. The third-order valence-electron chi connectivity index (χ3n) is 8.37. The van der Waals surface area contributed by atoms with Gasteiger partial charge in [-0.1, -0.05) is 140 Å². The molecule has 256 valence electrons. The van der Waals surface area contributed by atoms with Gasteiger partial charge in [0.1, 0.15) is 0 Å². The van der Waals surface area contributed by atoms with Crippen LogP contribution in [-0.2, 0) is 9.05 Å². The number of allylic oxidation sites excluding steroid dienone is 8. The van der Waals surface area contributed by atoms with Crippen molar-refractivity contribution in [2.45, 2.75) is 180 Å². The van der Waals surface area contributed by atoms with E-state index in [0.29, 0.717) is 0 Å². The van der Waals surface area contributed by atoms with Crippen LogP contribution in [0.2, 0.25) is 0 Å². The maximum Gasteiger partial charge on any atom is 0.256 e. The predicted octanol–water partition coefficient (Wildman–Crippen LogP) is 12.4. The average molecular weight is 633 g/mol. The fraction of sp³-hybridized carbons (Fsp3) is 0.795. The number of hydrogen-bond acceptors (Lipinski definition) is 4. The molecule has 5 heteroatoms. The first-order valence-electron chi connectivity index (χ1n) is 18.9. The van der Waals surface area contributed by atoms with Crippen molar-refractivity contribution in [1.29, 1.82) is 0 Å². The van der Waals surface area contributed by atoms with Crippen LogP contribution in [0.5, 0.6) is 0 Å². The number of unbranched alkanes of at least 4 members (excludes halogenated alkanes) is 16. The zero-order chi connectivity index (χ0) is 31.6. The Bertz CT molecular complexity index is 654. The third-order valence-corrected chi connectivity index (χ3v) is 9.78. The van der Waals surface area contributed by atoms with E-state index >= 15 is 0 Å². The van der Waals surface area contributed by atoms with Crippen molar-refractivity contribution in [1.82, 2.24) is 10.4 Å². The second kappa shape index (κ2) is 33.6. The molecule has 1 aliphatic heterocycles. The fourth-order valence-electron chi connectivity index (χ4n) is 5.54. The maximum absolute atomic E-state index is 6.39. The Morgan fingerprint density at radius 3 is 1.27 bits per heavy atom. The molecule has 0 aliphatic carbocycles. The van der Waals surface area contributed by atoms with Crippen LogP contribution in [-0.4, -0.2) is 32.3 Å². The SMILES string of the molecule is CCCCC/C=C\C/C=C\CCCCCCCC1OP(NCCNC)OC1CCCCCCC/C=C\C/C=C\CCCCC. The highest BCUT2D eigenvalue weighted by molar-refractivity contribution is 7.45. The highest BCUT2D eigenvalue weighted by Crippen LogP contribution is 2.47. The molecule has 1 heterocycles. The van der Waals surface area contributed by atoms with Gasteiger partial charge in [-0.2, -0.15) is 0 Å². The van der Waals surface area contributed by atoms with Crippen LogP contribution in [0.15, 0.2) is 48.6 Å². The summed E-state index contributed by atoms with van der Waals surface area (Å²) in [6, 6.07) is 0. The highest BCUT2D eigenvalue weighted by atomic mass is 31.2. The average Bonchev–Trinajstić information content (AvgIpc) is 3.42. The molecule has 1 rings (SSSR count). The molecule has 1 fully saturated rings. The Kier molecular flexibility index (Phi) is 31.5. The summed E-state index contributed by atoms with van der Waals surface area (Å²) in [5, 5.41) is 6.69. The standard InChI is InChI=1S/C39H73N2O2P/c1-4-6-8-10-12-14-16-18-20-22-24-26-28-30-32-34-38-39(43-44(42-38)41-37-36-40-3)35-33-31-29-27-25-23-21-19-17-15-13-11-9-7-5-2/h12-15,18-21,38-41H,4-11,16-17,22-37H2,1-3H3/b14-12-,15-13-,20-18-,21-19-. The van der Waals surface area contributed by atoms with Crippen LogP contribution in [0.4, 0.5) is 0 Å². The van der Waals surface area contributed by atoms with E-state index in [1.165, 1.54) is 128 Å². The quantitative estimate of drug-likeness (QED) is 0.0440. The second-order valence-corrected chi connectivity index (χ2v) is 13.8. The molecule has 0 spiro atoms. The van der Waals surface area contributed by atoms with Crippen molar-refractivity contribution < 1.29 is 9.05 Å². The first-order chi connectivity index (χ1) is 21.8. The van der Waals surface area contributed by atoms with E-state index in [4.69, 9.17) is 9.05 Å². The lowest BCUT2D eigenvalue weighted by Gasteiger charge is -2.16. The highest BCUT2D eigenvalue weighted by Gasteiger charge is 2.36. The molecule has 0 amide bonds. The summed E-state index contributed by atoms with van der Waals surface area (Å²) in [5.74, 6) is 0. The first kappa shape index (κ1) is 41.3. The maximum atomic E-state index is 6.39. The predicted molar refractivity (Wildman–Crippen MR) is 197 cm³/mol. The van der Waals surface area contributed by atoms with Gasteiger partial charge in [-0.3, -0.25) is 0 Å². The van der Waals surface area contributed by atoms with Gasteiger partial charge in [0.2, 0.25) is 0 Å². The zero-order valence-electron chi connectivity index (χ0n) is 29.4. The molecule has 0 bridgehead atoms. The Morgan fingerprint density at radius 2 is 0.864 bits per heavy atom. The van der Waals surface area contributed by atoms with E-state index in [0.717, 1.165) is 38.8 Å². The molecule has 0 aromatic heterocycles. The monoisotopic (exact) mass is 633 g/mol. The minimum Gasteiger partial charge on any atom is -0.318 e. The van der Waals surface area contributed by atoms with Crippen LogP contribution in [0.1, 0.15) is 168 Å². The van der Waals surface area contributed by atoms with E-state index in [-0.39, 0.29) is 12.2 Å². The molecule has 1 aliphatic rings. The van der Waals surface area contributed by atoms with Crippen LogP contribution in [0, 0.1) is 0 Å². The van der Waals surface area contributed by atoms with E-state index in [2.05, 4.69) is 72.9 Å². The summed E-state index contributed by atoms with van der Waals surface area (Å²) in [6.45, 7) is 6.37. The largest absolute Gasteiger partial charge is 0.318 e. The molecule has 0 saturated carbocycles. The summed E-state index contributed by atoms with van der Waals surface area (Å²) in [4.78, 5) is 0. The molecule has 2 unspecified atom stereocenters. The minimum atomic E-state index is -0.937. The molecular formula is C39H73N2O2P. The van der Waals surface area contributed by atoms with Gasteiger partial charge in [0, 0.05) is 13.1 Å². The van der Waals surface area contributed by atoms with Crippen molar-refractivity contribution >= 4 is 8.53 Å². The van der Waals surface area contributed by atoms with Crippen molar-refractivity contribution in [2.24, 2.45) is 0 Å². The summed E-state index contributed by atoms with van der Waals surface area (Å²) in [6.07, 6.45) is 49.8. The van der Waals surface area contributed by atoms with Crippen molar-refractivity contribution in [2.75, 3.05) is 20.1 Å². The Hall–Kier alpha value is -0.770. The molecule has 2 atom stereocenters. The van der Waals surface area contributed by atoms with E-state index < -0.39 is 8.53 Å². The molecule has 1 saturated heterocycles. The number of hydrogen-bond donors (Lipinski definition) is 2. The molecular weight excluding hydrogens is 559 g/mol. The van der Waals surface area contributed by atoms with Crippen LogP contribution in [0.3, 0.4) is 0 Å². The number of likely N-dealkylation sites (N-methyl/N-ethyl adjacent to an activating group) is 1. The fourth-order valence-corrected chi connectivity index (χ4v) is 7.01. The van der Waals surface area contributed by atoms with Crippen molar-refractivity contribution in [3.05, 3.63) is 48.6 Å². The van der Waals surface area contributed by atoms with E-state index in [1.807, 2.05) is 7.05 Å². The van der Waals surface area contributed by atoms with E-state index in [1.54, 1.807) is 0 Å². The second-order valence-electron chi connectivity index (χ2n) is 12.6. The van der Waals surface area contributed by atoms with Crippen LogP contribution in [0.25, 0.3) is 0 Å². The smallest absolute Gasteiger partial charge is 0.256 e. The lowest BCUT2D eigenvalue weighted by atomic mass is 9.99. The molecule has 0 aromatic rings. The minimum absolute atomic E-state index is 0.270. The zero-order valence-corrected chi connectivity index (χ0v) is 30.3. The third kappa shape index (κ3) is 26.4. The van der Waals surface area contributed by atoms with Gasteiger partial charge in [-0.05, 0) is 84.1 Å². The van der Waals surface area contributed by atoms with Crippen LogP contribution < -0.4 is 10.4 Å². The summed E-state index contributed by atoms with van der Waals surface area (Å²) >= 11 is 0. The molecule has 2 N–H and O–H groups in total. The van der Waals surface area contributed by atoms with Gasteiger partial charge in [0.05, 0.1) is 12.2 Å². The molecule has 44 heavy (non-hydrogen) atoms. The number of nitrogens with one attached hydrogen (secondary N) is 2. The molecule has 0 radical (unpaired) electrons. The van der Waals surface area contributed by atoms with Gasteiger partial charge < -0.3 is 14.4 Å². The van der Waals surface area contributed by atoms with Crippen molar-refractivity contribution in [3.8, 4) is 0 Å². The van der Waals surface area contributed by atoms with Gasteiger partial charge in [0.25, 0.3) is 8.53 Å². The molecule has 0 aromatic carbocycles. The normalized spacial score (nSPS) is 19.2. The van der Waals surface area contributed by atoms with Crippen LogP contribution >= 0.6 is 8.53 Å². The molecule has 4 nitrogen and oxygen atoms in total. The summed E-state index contributed by atoms with van der Waals surface area (Å²) < 4.78 is 12.8. The van der Waals surface area contributed by atoms with Gasteiger partial charge in [-0.25, -0.2) is 5.09 Å². The summed E-state index contributed by atoms with van der Waals surface area (Å²) in [7, 11) is 1.05. The van der Waals surface area contributed by atoms with Gasteiger partial charge in [0.15, 0.2) is 0 Å². The van der Waals surface area contributed by atoms with Crippen molar-refractivity contribution in [3.63, 3.8) is 0 Å². The Labute approximate surface area is 276 Å². The lowest BCUT2D eigenvalue weighted by Crippen LogP contribution is -2.22. The van der Waals surface area contributed by atoms with Gasteiger partial charge in [-0.15, -0.1) is 0 Å². The lowest BCUT2D eigenvalue weighted by molar-refractivity contribution is 0.133. The Balaban J connectivity index is 2.12. The van der Waals surface area contributed by atoms with Gasteiger partial charge >= 0.3 is 0 Å². The van der Waals surface area contributed by atoms with E-state index in [9.17, 15) is 0 Å².